The van der Waals surface area contributed by atoms with Gasteiger partial charge in [0.1, 0.15) is 6.61 Å². The first-order chi connectivity index (χ1) is 10.0. The molecule has 7 heteroatoms. The summed E-state index contributed by atoms with van der Waals surface area (Å²) in [6, 6.07) is 13.6. The van der Waals surface area contributed by atoms with Gasteiger partial charge in [-0.2, -0.15) is 0 Å². The van der Waals surface area contributed by atoms with Crippen LogP contribution < -0.4 is 5.32 Å². The van der Waals surface area contributed by atoms with Crippen molar-refractivity contribution < 1.29 is 14.5 Å². The van der Waals surface area contributed by atoms with E-state index in [2.05, 4.69) is 5.32 Å². The number of carbonyl (C=O) groups excluding carboxylic acids is 1. The van der Waals surface area contributed by atoms with Gasteiger partial charge in [0, 0.05) is 15.7 Å². The average molecular weight is 398 g/mol. The Hall–Kier alpha value is -2.16. The third-order valence-corrected chi connectivity index (χ3v) is 3.18. The van der Waals surface area contributed by atoms with Crippen LogP contribution in [0.4, 0.5) is 16.2 Å². The molecule has 21 heavy (non-hydrogen) atoms. The molecule has 0 unspecified atom stereocenters. The molecule has 0 spiro atoms. The van der Waals surface area contributed by atoms with Crippen LogP contribution in [0.1, 0.15) is 5.56 Å². The lowest BCUT2D eigenvalue weighted by Crippen LogP contribution is -2.13. The van der Waals surface area contributed by atoms with Crippen molar-refractivity contribution in [2.45, 2.75) is 6.61 Å². The Labute approximate surface area is 134 Å². The summed E-state index contributed by atoms with van der Waals surface area (Å²) in [7, 11) is 0. The lowest BCUT2D eigenvalue weighted by atomic mass is 10.2. The molecular formula is C14H11IN2O4. The molecule has 1 N–H and O–H groups in total. The van der Waals surface area contributed by atoms with E-state index in [1.807, 2.05) is 52.9 Å². The highest BCUT2D eigenvalue weighted by molar-refractivity contribution is 14.1. The van der Waals surface area contributed by atoms with E-state index in [4.69, 9.17) is 4.74 Å². The maximum absolute atomic E-state index is 11.7. The quantitative estimate of drug-likeness (QED) is 0.481. The first kappa shape index (κ1) is 15.2. The normalized spacial score (nSPS) is 9.95. The van der Waals surface area contributed by atoms with Crippen LogP contribution in [-0.2, 0) is 11.3 Å². The van der Waals surface area contributed by atoms with Gasteiger partial charge >= 0.3 is 6.09 Å². The van der Waals surface area contributed by atoms with Crippen molar-refractivity contribution in [3.63, 3.8) is 0 Å². The number of rotatable bonds is 4. The summed E-state index contributed by atoms with van der Waals surface area (Å²) < 4.78 is 5.70. The number of nitro benzene ring substituents is 1. The van der Waals surface area contributed by atoms with E-state index in [9.17, 15) is 14.9 Å². The van der Waals surface area contributed by atoms with Gasteiger partial charge in [0.05, 0.1) is 10.6 Å². The highest BCUT2D eigenvalue weighted by Crippen LogP contribution is 2.22. The number of ether oxygens (including phenoxy) is 1. The first-order valence-corrected chi connectivity index (χ1v) is 7.05. The molecule has 0 fully saturated rings. The van der Waals surface area contributed by atoms with E-state index < -0.39 is 11.0 Å². The molecule has 0 heterocycles. The van der Waals surface area contributed by atoms with Crippen molar-refractivity contribution in [3.05, 3.63) is 67.8 Å². The number of benzene rings is 2. The van der Waals surface area contributed by atoms with Crippen molar-refractivity contribution in [1.82, 2.24) is 0 Å². The maximum atomic E-state index is 11.7. The van der Waals surface area contributed by atoms with Crippen molar-refractivity contribution >= 4 is 40.1 Å². The minimum Gasteiger partial charge on any atom is -0.444 e. The Morgan fingerprint density at radius 2 is 1.95 bits per heavy atom. The third-order valence-electron chi connectivity index (χ3n) is 2.55. The van der Waals surface area contributed by atoms with E-state index in [0.717, 1.165) is 5.56 Å². The van der Waals surface area contributed by atoms with Crippen LogP contribution in [0.2, 0.25) is 0 Å². The number of hydrogen-bond donors (Lipinski definition) is 1. The van der Waals surface area contributed by atoms with Crippen molar-refractivity contribution in [3.8, 4) is 0 Å². The molecule has 0 saturated heterocycles. The fraction of sp³-hybridized carbons (Fsp3) is 0.0714. The minimum atomic E-state index is -0.657. The van der Waals surface area contributed by atoms with Gasteiger partial charge in [-0.05, 0) is 34.2 Å². The van der Waals surface area contributed by atoms with Crippen LogP contribution in [0, 0.1) is 13.7 Å². The summed E-state index contributed by atoms with van der Waals surface area (Å²) in [4.78, 5) is 21.9. The molecule has 0 saturated carbocycles. The topological polar surface area (TPSA) is 81.5 Å². The van der Waals surface area contributed by atoms with Crippen LogP contribution in [0.3, 0.4) is 0 Å². The molecule has 2 aromatic rings. The summed E-state index contributed by atoms with van der Waals surface area (Å²) in [6.45, 7) is 0.138. The van der Waals surface area contributed by atoms with E-state index in [-0.39, 0.29) is 12.3 Å². The number of nitro groups is 1. The van der Waals surface area contributed by atoms with E-state index >= 15 is 0 Å². The lowest BCUT2D eigenvalue weighted by molar-refractivity contribution is -0.384. The smallest absolute Gasteiger partial charge is 0.411 e. The second kappa shape index (κ2) is 7.02. The summed E-state index contributed by atoms with van der Waals surface area (Å²) in [5.74, 6) is 0. The molecule has 108 valence electrons. The third kappa shape index (κ3) is 4.71. The number of hydrogen-bond acceptors (Lipinski definition) is 4. The second-order valence-corrected chi connectivity index (χ2v) is 5.39. The Morgan fingerprint density at radius 3 is 2.62 bits per heavy atom. The Bertz CT molecular complexity index is 661. The predicted molar refractivity (Wildman–Crippen MR) is 86.1 cm³/mol. The van der Waals surface area contributed by atoms with Crippen LogP contribution >= 0.6 is 22.6 Å². The van der Waals surface area contributed by atoms with Gasteiger partial charge < -0.3 is 4.74 Å². The van der Waals surface area contributed by atoms with Crippen molar-refractivity contribution in [2.75, 3.05) is 5.32 Å². The standard InChI is InChI=1S/C14H11IN2O4/c15-11-6-12(8-13(7-11)17(19)20)16-14(18)21-9-10-4-2-1-3-5-10/h1-8H,9H2,(H,16,18). The number of amides is 1. The molecule has 0 aliphatic heterocycles. The van der Waals surface area contributed by atoms with Crippen LogP contribution in [0.5, 0.6) is 0 Å². The van der Waals surface area contributed by atoms with Gasteiger partial charge in [-0.15, -0.1) is 0 Å². The average Bonchev–Trinajstić information content (AvgIpc) is 2.45. The minimum absolute atomic E-state index is 0.0831. The van der Waals surface area contributed by atoms with Gasteiger partial charge in [0.25, 0.3) is 5.69 Å². The van der Waals surface area contributed by atoms with Crippen LogP contribution in [-0.4, -0.2) is 11.0 Å². The molecule has 0 aromatic heterocycles. The molecule has 0 radical (unpaired) electrons. The summed E-state index contributed by atoms with van der Waals surface area (Å²) in [6.07, 6.45) is -0.657. The highest BCUT2D eigenvalue weighted by atomic mass is 127. The molecule has 1 amide bonds. The zero-order valence-corrected chi connectivity index (χ0v) is 12.9. The van der Waals surface area contributed by atoms with E-state index in [0.29, 0.717) is 9.26 Å². The number of nitrogens with one attached hydrogen (secondary N) is 1. The van der Waals surface area contributed by atoms with Gasteiger partial charge in [0.15, 0.2) is 0 Å². The molecule has 0 aliphatic carbocycles. The first-order valence-electron chi connectivity index (χ1n) is 5.97. The molecule has 0 bridgehead atoms. The van der Waals surface area contributed by atoms with Gasteiger partial charge in [-0.25, -0.2) is 4.79 Å². The molecule has 0 atom stereocenters. The summed E-state index contributed by atoms with van der Waals surface area (Å²) in [5.41, 5.74) is 1.10. The van der Waals surface area contributed by atoms with Gasteiger partial charge in [-0.3, -0.25) is 15.4 Å². The van der Waals surface area contributed by atoms with Gasteiger partial charge in [0.2, 0.25) is 0 Å². The highest BCUT2D eigenvalue weighted by Gasteiger charge is 2.11. The fourth-order valence-corrected chi connectivity index (χ4v) is 2.28. The molecule has 0 aliphatic rings. The Morgan fingerprint density at radius 1 is 1.24 bits per heavy atom. The molecule has 2 aromatic carbocycles. The van der Waals surface area contributed by atoms with Crippen molar-refractivity contribution in [2.24, 2.45) is 0 Å². The summed E-state index contributed by atoms with van der Waals surface area (Å²) >= 11 is 1.95. The second-order valence-electron chi connectivity index (χ2n) is 4.14. The Balaban J connectivity index is 1.98. The van der Waals surface area contributed by atoms with Crippen LogP contribution in [0.15, 0.2) is 48.5 Å². The number of carbonyl (C=O) groups is 1. The van der Waals surface area contributed by atoms with E-state index in [1.54, 1.807) is 6.07 Å². The van der Waals surface area contributed by atoms with Crippen molar-refractivity contribution in [1.29, 1.82) is 0 Å². The maximum Gasteiger partial charge on any atom is 0.411 e. The largest absolute Gasteiger partial charge is 0.444 e. The zero-order chi connectivity index (χ0) is 15.2. The lowest BCUT2D eigenvalue weighted by Gasteiger charge is -2.07. The Kier molecular flexibility index (Phi) is 5.09. The number of nitrogens with zero attached hydrogens (tertiary/aromatic N) is 1. The number of halogens is 1. The summed E-state index contributed by atoms with van der Waals surface area (Å²) in [5, 5.41) is 13.2. The van der Waals surface area contributed by atoms with Crippen LogP contribution in [0.25, 0.3) is 0 Å². The fourth-order valence-electron chi connectivity index (χ4n) is 1.63. The monoisotopic (exact) mass is 398 g/mol. The van der Waals surface area contributed by atoms with E-state index in [1.165, 1.54) is 12.1 Å². The molecule has 6 nitrogen and oxygen atoms in total. The predicted octanol–water partition coefficient (Wildman–Crippen LogP) is 3.95. The number of non-ortho nitro benzene ring substituents is 1. The zero-order valence-electron chi connectivity index (χ0n) is 10.8. The SMILES string of the molecule is O=C(Nc1cc(I)cc([N+](=O)[O-])c1)OCc1ccccc1. The molecular weight excluding hydrogens is 387 g/mol. The molecule has 2 rings (SSSR count). The number of anilines is 1. The van der Waals surface area contributed by atoms with Gasteiger partial charge in [-0.1, -0.05) is 30.3 Å².